The molecule has 7 heteroatoms. The third-order valence-electron chi connectivity index (χ3n) is 1.93. The van der Waals surface area contributed by atoms with Gasteiger partial charge in [-0.3, -0.25) is 9.36 Å². The lowest BCUT2D eigenvalue weighted by Gasteiger charge is -2.08. The van der Waals surface area contributed by atoms with Crippen LogP contribution < -0.4 is 11.2 Å². The summed E-state index contributed by atoms with van der Waals surface area (Å²) in [6, 6.07) is 1.02. The van der Waals surface area contributed by atoms with E-state index in [2.05, 4.69) is 4.98 Å². The van der Waals surface area contributed by atoms with Gasteiger partial charge in [0.05, 0.1) is 0 Å². The lowest BCUT2D eigenvalue weighted by atomic mass is 10.2. The largest absolute Gasteiger partial charge is 0.406 e. The topological polar surface area (TPSA) is 54.9 Å². The van der Waals surface area contributed by atoms with Gasteiger partial charge in [0.25, 0.3) is 5.56 Å². The van der Waals surface area contributed by atoms with Crippen molar-refractivity contribution < 1.29 is 13.2 Å². The zero-order chi connectivity index (χ0) is 12.3. The highest BCUT2D eigenvalue weighted by Gasteiger charge is 2.29. The van der Waals surface area contributed by atoms with Crippen LogP contribution in [0.1, 0.15) is 19.0 Å². The second-order valence-electron chi connectivity index (χ2n) is 3.39. The number of H-pyrrole nitrogens is 1. The molecule has 0 aromatic carbocycles. The van der Waals surface area contributed by atoms with Gasteiger partial charge in [0.1, 0.15) is 6.54 Å². The second kappa shape index (κ2) is 4.54. The van der Waals surface area contributed by atoms with E-state index in [1.165, 1.54) is 0 Å². The summed E-state index contributed by atoms with van der Waals surface area (Å²) in [5, 5.41) is 0. The maximum Gasteiger partial charge on any atom is 0.406 e. The molecular weight excluding hydrogens is 225 g/mol. The van der Waals surface area contributed by atoms with Crippen LogP contribution in [0.3, 0.4) is 0 Å². The summed E-state index contributed by atoms with van der Waals surface area (Å²) in [5.74, 6) is 0. The van der Waals surface area contributed by atoms with Gasteiger partial charge in [-0.25, -0.2) is 4.79 Å². The van der Waals surface area contributed by atoms with E-state index >= 15 is 0 Å². The molecule has 0 unspecified atom stereocenters. The molecule has 0 aliphatic rings. The van der Waals surface area contributed by atoms with Gasteiger partial charge >= 0.3 is 11.9 Å². The normalized spacial score (nSPS) is 11.8. The first-order valence-corrected chi connectivity index (χ1v) is 4.73. The van der Waals surface area contributed by atoms with Crippen LogP contribution in [0.5, 0.6) is 0 Å². The fourth-order valence-electron chi connectivity index (χ4n) is 1.30. The lowest BCUT2D eigenvalue weighted by molar-refractivity contribution is -0.141. The Morgan fingerprint density at radius 2 is 2.00 bits per heavy atom. The Morgan fingerprint density at radius 3 is 2.44 bits per heavy atom. The highest BCUT2D eigenvalue weighted by Crippen LogP contribution is 2.15. The summed E-state index contributed by atoms with van der Waals surface area (Å²) in [7, 11) is 0. The first-order chi connectivity index (χ1) is 7.33. The van der Waals surface area contributed by atoms with Gasteiger partial charge in [-0.2, -0.15) is 13.2 Å². The molecule has 1 aromatic rings. The van der Waals surface area contributed by atoms with Crippen molar-refractivity contribution in [3.8, 4) is 0 Å². The van der Waals surface area contributed by atoms with Crippen LogP contribution in [0.4, 0.5) is 13.2 Å². The fourth-order valence-corrected chi connectivity index (χ4v) is 1.30. The van der Waals surface area contributed by atoms with Crippen molar-refractivity contribution in [2.45, 2.75) is 32.5 Å². The Balaban J connectivity index is 3.14. The highest BCUT2D eigenvalue weighted by molar-refractivity contribution is 4.99. The van der Waals surface area contributed by atoms with Crippen LogP contribution >= 0.6 is 0 Å². The van der Waals surface area contributed by atoms with Gasteiger partial charge in [0.2, 0.25) is 0 Å². The SMILES string of the molecule is CCCc1cc(=O)n(CC(F)(F)F)c(=O)[nH]1. The molecule has 4 nitrogen and oxygen atoms in total. The first kappa shape index (κ1) is 12.5. The Morgan fingerprint density at radius 1 is 1.38 bits per heavy atom. The predicted molar refractivity (Wildman–Crippen MR) is 51.4 cm³/mol. The number of hydrogen-bond acceptors (Lipinski definition) is 2. The number of nitrogens with zero attached hydrogens (tertiary/aromatic N) is 1. The monoisotopic (exact) mass is 236 g/mol. The molecule has 0 saturated carbocycles. The van der Waals surface area contributed by atoms with E-state index in [1.807, 2.05) is 6.92 Å². The summed E-state index contributed by atoms with van der Waals surface area (Å²) in [6.45, 7) is 0.271. The van der Waals surface area contributed by atoms with Crippen molar-refractivity contribution in [1.29, 1.82) is 0 Å². The third kappa shape index (κ3) is 3.25. The molecule has 0 radical (unpaired) electrons. The van der Waals surface area contributed by atoms with Crippen LogP contribution in [-0.4, -0.2) is 15.7 Å². The van der Waals surface area contributed by atoms with Crippen molar-refractivity contribution in [2.75, 3.05) is 0 Å². The average Bonchev–Trinajstić information content (AvgIpc) is 2.10. The van der Waals surface area contributed by atoms with E-state index in [-0.39, 0.29) is 4.57 Å². The van der Waals surface area contributed by atoms with Gasteiger partial charge in [0, 0.05) is 11.8 Å². The summed E-state index contributed by atoms with van der Waals surface area (Å²) >= 11 is 0. The maximum atomic E-state index is 12.0. The smallest absolute Gasteiger partial charge is 0.311 e. The van der Waals surface area contributed by atoms with Gasteiger partial charge in [-0.05, 0) is 6.42 Å². The van der Waals surface area contributed by atoms with Crippen molar-refractivity contribution in [3.05, 3.63) is 32.6 Å². The Kier molecular flexibility index (Phi) is 3.56. The number of nitrogens with one attached hydrogen (secondary N) is 1. The zero-order valence-corrected chi connectivity index (χ0v) is 8.60. The van der Waals surface area contributed by atoms with Crippen molar-refractivity contribution in [3.63, 3.8) is 0 Å². The Hall–Kier alpha value is -1.53. The highest BCUT2D eigenvalue weighted by atomic mass is 19.4. The fraction of sp³-hybridized carbons (Fsp3) is 0.556. The van der Waals surface area contributed by atoms with Gasteiger partial charge < -0.3 is 4.98 Å². The molecule has 1 rings (SSSR count). The molecule has 1 N–H and O–H groups in total. The number of alkyl halides is 3. The molecule has 90 valence electrons. The molecule has 0 saturated heterocycles. The molecule has 0 bridgehead atoms. The Labute approximate surface area is 88.7 Å². The van der Waals surface area contributed by atoms with Crippen molar-refractivity contribution in [2.24, 2.45) is 0 Å². The third-order valence-corrected chi connectivity index (χ3v) is 1.93. The summed E-state index contributed by atoms with van der Waals surface area (Å²) in [6.07, 6.45) is -3.43. The van der Waals surface area contributed by atoms with E-state index in [0.29, 0.717) is 18.5 Å². The number of halogens is 3. The molecule has 16 heavy (non-hydrogen) atoms. The molecule has 0 fully saturated rings. The number of hydrogen-bond donors (Lipinski definition) is 1. The van der Waals surface area contributed by atoms with Gasteiger partial charge in [-0.15, -0.1) is 0 Å². The van der Waals surface area contributed by atoms with Crippen LogP contribution in [0.15, 0.2) is 15.7 Å². The molecule has 0 atom stereocenters. The van der Waals surface area contributed by atoms with Crippen LogP contribution in [0, 0.1) is 0 Å². The number of aromatic nitrogens is 2. The van der Waals surface area contributed by atoms with E-state index in [1.54, 1.807) is 0 Å². The maximum absolute atomic E-state index is 12.0. The molecular formula is C9H11F3N2O2. The molecule has 1 heterocycles. The predicted octanol–water partition coefficient (Wildman–Crippen LogP) is 1.05. The quantitative estimate of drug-likeness (QED) is 0.852. The molecule has 0 amide bonds. The zero-order valence-electron chi connectivity index (χ0n) is 8.60. The van der Waals surface area contributed by atoms with Crippen LogP contribution in [0.2, 0.25) is 0 Å². The number of aryl methyl sites for hydroxylation is 1. The van der Waals surface area contributed by atoms with E-state index in [9.17, 15) is 22.8 Å². The van der Waals surface area contributed by atoms with Crippen LogP contribution in [-0.2, 0) is 13.0 Å². The van der Waals surface area contributed by atoms with Crippen molar-refractivity contribution >= 4 is 0 Å². The van der Waals surface area contributed by atoms with Crippen LogP contribution in [0.25, 0.3) is 0 Å². The molecule has 1 aromatic heterocycles. The minimum absolute atomic E-state index is 0.138. The minimum atomic E-state index is -4.58. The molecule has 0 spiro atoms. The summed E-state index contributed by atoms with van der Waals surface area (Å²) in [5.41, 5.74) is -1.59. The minimum Gasteiger partial charge on any atom is -0.311 e. The average molecular weight is 236 g/mol. The molecule has 0 aliphatic heterocycles. The van der Waals surface area contributed by atoms with Gasteiger partial charge in [-0.1, -0.05) is 13.3 Å². The summed E-state index contributed by atoms with van der Waals surface area (Å²) in [4.78, 5) is 24.7. The standard InChI is InChI=1S/C9H11F3N2O2/c1-2-3-6-4-7(15)14(8(16)13-6)5-9(10,11)12/h4H,2-3,5H2,1H3,(H,13,16). The first-order valence-electron chi connectivity index (χ1n) is 4.73. The summed E-state index contributed by atoms with van der Waals surface area (Å²) < 4.78 is 36.3. The lowest BCUT2D eigenvalue weighted by Crippen LogP contribution is -2.39. The van der Waals surface area contributed by atoms with E-state index < -0.39 is 24.0 Å². The number of aromatic amines is 1. The van der Waals surface area contributed by atoms with Gasteiger partial charge in [0.15, 0.2) is 0 Å². The van der Waals surface area contributed by atoms with E-state index in [4.69, 9.17) is 0 Å². The Bertz CT molecular complexity index is 442. The molecule has 0 aliphatic carbocycles. The van der Waals surface area contributed by atoms with E-state index in [0.717, 1.165) is 6.07 Å². The second-order valence-corrected chi connectivity index (χ2v) is 3.39. The number of rotatable bonds is 3. The van der Waals surface area contributed by atoms with Crippen molar-refractivity contribution in [1.82, 2.24) is 9.55 Å².